The highest BCUT2D eigenvalue weighted by Crippen LogP contribution is 2.24. The van der Waals surface area contributed by atoms with E-state index < -0.39 is 0 Å². The van der Waals surface area contributed by atoms with Crippen molar-refractivity contribution < 1.29 is 4.79 Å². The average Bonchev–Trinajstić information content (AvgIpc) is 2.88. The van der Waals surface area contributed by atoms with Gasteiger partial charge in [-0.05, 0) is 52.2 Å². The van der Waals surface area contributed by atoms with E-state index in [4.69, 9.17) is 0 Å². The molecule has 110 valence electrons. The molecule has 1 amide bonds. The maximum absolute atomic E-state index is 12.6. The molecule has 2 saturated heterocycles. The highest BCUT2D eigenvalue weighted by molar-refractivity contribution is 5.86. The first-order chi connectivity index (χ1) is 9.10. The molecule has 19 heavy (non-hydrogen) atoms. The van der Waals surface area contributed by atoms with E-state index in [1.807, 2.05) is 0 Å². The highest BCUT2D eigenvalue weighted by atomic mass is 16.2. The van der Waals surface area contributed by atoms with Crippen LogP contribution in [0.15, 0.2) is 0 Å². The maximum Gasteiger partial charge on any atom is 0.242 e. The number of carbonyl (C=O) groups excluding carboxylic acids is 1. The average molecular weight is 267 g/mol. The minimum absolute atomic E-state index is 0.290. The van der Waals surface area contributed by atoms with Crippen molar-refractivity contribution in [2.75, 3.05) is 32.7 Å². The first kappa shape index (κ1) is 14.8. The molecule has 0 aromatic carbocycles. The minimum Gasteiger partial charge on any atom is -0.341 e. The van der Waals surface area contributed by atoms with E-state index >= 15 is 0 Å². The summed E-state index contributed by atoms with van der Waals surface area (Å²) in [5.41, 5.74) is -0.290. The van der Waals surface area contributed by atoms with Crippen LogP contribution >= 0.6 is 0 Å². The molecule has 0 aliphatic carbocycles. The van der Waals surface area contributed by atoms with Crippen molar-refractivity contribution in [3.8, 4) is 0 Å². The van der Waals surface area contributed by atoms with E-state index in [1.165, 1.54) is 0 Å². The maximum atomic E-state index is 12.6. The van der Waals surface area contributed by atoms with Crippen molar-refractivity contribution in [2.45, 2.75) is 58.0 Å². The summed E-state index contributed by atoms with van der Waals surface area (Å²) in [5.74, 6) is 0.322. The van der Waals surface area contributed by atoms with Gasteiger partial charge in [0, 0.05) is 19.1 Å². The molecule has 2 heterocycles. The van der Waals surface area contributed by atoms with Gasteiger partial charge in [-0.3, -0.25) is 4.79 Å². The molecule has 0 bridgehead atoms. The quantitative estimate of drug-likeness (QED) is 0.837. The molecule has 2 fully saturated rings. The van der Waals surface area contributed by atoms with Crippen LogP contribution < -0.4 is 5.32 Å². The summed E-state index contributed by atoms with van der Waals surface area (Å²) >= 11 is 0. The summed E-state index contributed by atoms with van der Waals surface area (Å²) in [6.45, 7) is 11.6. The van der Waals surface area contributed by atoms with E-state index in [1.54, 1.807) is 0 Å². The number of hydrogen-bond donors (Lipinski definition) is 1. The SMILES string of the molecule is CCN(CC)C1CCN(C(=O)C2(C)CCCN2)CC1. The number of piperidine rings is 1. The summed E-state index contributed by atoms with van der Waals surface area (Å²) in [5, 5.41) is 3.38. The molecule has 1 atom stereocenters. The van der Waals surface area contributed by atoms with Crippen LogP contribution in [-0.4, -0.2) is 60.0 Å². The third-order valence-electron chi connectivity index (χ3n) is 4.92. The topological polar surface area (TPSA) is 35.6 Å². The predicted molar refractivity (Wildman–Crippen MR) is 78.2 cm³/mol. The molecule has 4 nitrogen and oxygen atoms in total. The number of nitrogens with zero attached hydrogens (tertiary/aromatic N) is 2. The predicted octanol–water partition coefficient (Wildman–Crippen LogP) is 1.46. The smallest absolute Gasteiger partial charge is 0.242 e. The molecule has 0 radical (unpaired) electrons. The van der Waals surface area contributed by atoms with Gasteiger partial charge >= 0.3 is 0 Å². The molecule has 2 rings (SSSR count). The van der Waals surface area contributed by atoms with Crippen LogP contribution in [-0.2, 0) is 4.79 Å². The van der Waals surface area contributed by atoms with Crippen molar-refractivity contribution in [2.24, 2.45) is 0 Å². The molecule has 0 spiro atoms. The number of likely N-dealkylation sites (tertiary alicyclic amines) is 1. The zero-order valence-corrected chi connectivity index (χ0v) is 12.7. The van der Waals surface area contributed by atoms with E-state index in [0.29, 0.717) is 11.9 Å². The van der Waals surface area contributed by atoms with Crippen LogP contribution in [0.5, 0.6) is 0 Å². The largest absolute Gasteiger partial charge is 0.341 e. The van der Waals surface area contributed by atoms with Gasteiger partial charge in [0.25, 0.3) is 0 Å². The molecular weight excluding hydrogens is 238 g/mol. The van der Waals surface area contributed by atoms with Crippen LogP contribution in [0, 0.1) is 0 Å². The zero-order valence-electron chi connectivity index (χ0n) is 12.7. The van der Waals surface area contributed by atoms with Crippen LogP contribution in [0.2, 0.25) is 0 Å². The third-order valence-corrected chi connectivity index (χ3v) is 4.92. The monoisotopic (exact) mass is 267 g/mol. The van der Waals surface area contributed by atoms with E-state index in [2.05, 4.69) is 35.9 Å². The lowest BCUT2D eigenvalue weighted by Gasteiger charge is -2.40. The summed E-state index contributed by atoms with van der Waals surface area (Å²) in [7, 11) is 0. The zero-order chi connectivity index (χ0) is 13.9. The second-order valence-corrected chi connectivity index (χ2v) is 6.11. The van der Waals surface area contributed by atoms with Crippen molar-refractivity contribution in [3.63, 3.8) is 0 Å². The van der Waals surface area contributed by atoms with Gasteiger partial charge in [0.05, 0.1) is 5.54 Å². The van der Waals surface area contributed by atoms with Gasteiger partial charge in [-0.2, -0.15) is 0 Å². The Hall–Kier alpha value is -0.610. The first-order valence-electron chi connectivity index (χ1n) is 7.89. The van der Waals surface area contributed by atoms with Crippen LogP contribution in [0.25, 0.3) is 0 Å². The number of rotatable bonds is 4. The summed E-state index contributed by atoms with van der Waals surface area (Å²) < 4.78 is 0. The van der Waals surface area contributed by atoms with Crippen molar-refractivity contribution in [1.29, 1.82) is 0 Å². The number of amides is 1. The highest BCUT2D eigenvalue weighted by Gasteiger charge is 2.40. The molecule has 0 aromatic rings. The number of nitrogens with one attached hydrogen (secondary N) is 1. The Morgan fingerprint density at radius 3 is 2.42 bits per heavy atom. The Morgan fingerprint density at radius 2 is 1.95 bits per heavy atom. The summed E-state index contributed by atoms with van der Waals surface area (Å²) in [6.07, 6.45) is 4.37. The van der Waals surface area contributed by atoms with Gasteiger partial charge in [0.1, 0.15) is 0 Å². The first-order valence-corrected chi connectivity index (χ1v) is 7.89. The van der Waals surface area contributed by atoms with E-state index in [-0.39, 0.29) is 5.54 Å². The van der Waals surface area contributed by atoms with Gasteiger partial charge in [-0.25, -0.2) is 0 Å². The molecule has 1 N–H and O–H groups in total. The fraction of sp³-hybridized carbons (Fsp3) is 0.933. The van der Waals surface area contributed by atoms with Gasteiger partial charge in [-0.1, -0.05) is 13.8 Å². The van der Waals surface area contributed by atoms with Crippen LogP contribution in [0.3, 0.4) is 0 Å². The van der Waals surface area contributed by atoms with E-state index in [0.717, 1.165) is 58.4 Å². The van der Waals surface area contributed by atoms with Gasteiger partial charge < -0.3 is 15.1 Å². The third kappa shape index (κ3) is 3.11. The van der Waals surface area contributed by atoms with Crippen molar-refractivity contribution in [1.82, 2.24) is 15.1 Å². The lowest BCUT2D eigenvalue weighted by molar-refractivity contribution is -0.138. The molecule has 0 saturated carbocycles. The Morgan fingerprint density at radius 1 is 1.32 bits per heavy atom. The standard InChI is InChI=1S/C15H29N3O/c1-4-17(5-2)13-7-11-18(12-8-13)14(19)15(3)9-6-10-16-15/h13,16H,4-12H2,1-3H3. The van der Waals surface area contributed by atoms with Crippen LogP contribution in [0.1, 0.15) is 46.5 Å². The van der Waals surface area contributed by atoms with Gasteiger partial charge in [0.2, 0.25) is 5.91 Å². The van der Waals surface area contributed by atoms with Crippen molar-refractivity contribution >= 4 is 5.91 Å². The lowest BCUT2D eigenvalue weighted by Crippen LogP contribution is -2.56. The van der Waals surface area contributed by atoms with Gasteiger partial charge in [-0.15, -0.1) is 0 Å². The normalized spacial score (nSPS) is 29.2. The molecule has 2 aliphatic heterocycles. The Kier molecular flexibility index (Phi) is 4.85. The molecular formula is C15H29N3O. The Bertz CT molecular complexity index is 301. The Labute approximate surface area is 117 Å². The lowest BCUT2D eigenvalue weighted by atomic mass is 9.95. The second-order valence-electron chi connectivity index (χ2n) is 6.11. The van der Waals surface area contributed by atoms with Crippen LogP contribution in [0.4, 0.5) is 0 Å². The summed E-state index contributed by atoms with van der Waals surface area (Å²) in [6, 6.07) is 0.670. The van der Waals surface area contributed by atoms with Crippen molar-refractivity contribution in [3.05, 3.63) is 0 Å². The fourth-order valence-electron chi connectivity index (χ4n) is 3.60. The number of hydrogen-bond acceptors (Lipinski definition) is 3. The van der Waals surface area contributed by atoms with E-state index in [9.17, 15) is 4.79 Å². The molecule has 4 heteroatoms. The van der Waals surface area contributed by atoms with Gasteiger partial charge in [0.15, 0.2) is 0 Å². The second kappa shape index (κ2) is 6.23. The Balaban J connectivity index is 1.87. The fourth-order valence-corrected chi connectivity index (χ4v) is 3.60. The molecule has 0 aromatic heterocycles. The summed E-state index contributed by atoms with van der Waals surface area (Å²) in [4.78, 5) is 17.2. The minimum atomic E-state index is -0.290. The molecule has 1 unspecified atom stereocenters. The number of carbonyl (C=O) groups is 1. The molecule has 2 aliphatic rings.